The van der Waals surface area contributed by atoms with Crippen LogP contribution in [0.2, 0.25) is 0 Å². The Morgan fingerprint density at radius 1 is 0.577 bits per heavy atom. The standard InChI is InChI=1S/C20H14O6/c21-13-5-7-15(19(23)24)17(9-13)11-1-2-12(4-3-11)18-10-14(22)6-8-16(18)20(25)26/h1-10,21-22H,(H,23,24)(H,25,26). The van der Waals surface area contributed by atoms with Crippen LogP contribution in [0.3, 0.4) is 0 Å². The van der Waals surface area contributed by atoms with Crippen molar-refractivity contribution in [3.63, 3.8) is 0 Å². The molecule has 0 aliphatic carbocycles. The SMILES string of the molecule is O=C(O)c1ccc(O)cc1-c1ccc(-c2cc(O)ccc2C(=O)O)cc1. The lowest BCUT2D eigenvalue weighted by atomic mass is 9.95. The third-order valence-corrected chi connectivity index (χ3v) is 3.97. The van der Waals surface area contributed by atoms with E-state index in [1.54, 1.807) is 24.3 Å². The van der Waals surface area contributed by atoms with Gasteiger partial charge in [0.2, 0.25) is 0 Å². The molecule has 0 heterocycles. The fraction of sp³-hybridized carbons (Fsp3) is 0. The van der Waals surface area contributed by atoms with E-state index in [4.69, 9.17) is 0 Å². The van der Waals surface area contributed by atoms with E-state index < -0.39 is 11.9 Å². The van der Waals surface area contributed by atoms with Crippen LogP contribution in [0, 0.1) is 0 Å². The monoisotopic (exact) mass is 350 g/mol. The highest BCUT2D eigenvalue weighted by molar-refractivity contribution is 5.98. The van der Waals surface area contributed by atoms with Gasteiger partial charge in [0.05, 0.1) is 11.1 Å². The van der Waals surface area contributed by atoms with Gasteiger partial charge in [-0.05, 0) is 58.7 Å². The minimum Gasteiger partial charge on any atom is -0.508 e. The summed E-state index contributed by atoms with van der Waals surface area (Å²) in [5, 5.41) is 37.9. The maximum Gasteiger partial charge on any atom is 0.336 e. The Balaban J connectivity index is 2.09. The number of benzene rings is 3. The van der Waals surface area contributed by atoms with Crippen molar-refractivity contribution in [3.05, 3.63) is 71.8 Å². The van der Waals surface area contributed by atoms with Gasteiger partial charge >= 0.3 is 11.9 Å². The Morgan fingerprint density at radius 3 is 1.23 bits per heavy atom. The molecule has 4 N–H and O–H groups in total. The first-order valence-electron chi connectivity index (χ1n) is 7.60. The lowest BCUT2D eigenvalue weighted by Crippen LogP contribution is -2.00. The molecule has 6 nitrogen and oxygen atoms in total. The van der Waals surface area contributed by atoms with E-state index in [2.05, 4.69) is 0 Å². The van der Waals surface area contributed by atoms with Gasteiger partial charge in [-0.1, -0.05) is 24.3 Å². The van der Waals surface area contributed by atoms with Crippen LogP contribution in [-0.4, -0.2) is 32.4 Å². The summed E-state index contributed by atoms with van der Waals surface area (Å²) in [4.78, 5) is 22.8. The molecular formula is C20H14O6. The number of aromatic carboxylic acids is 2. The van der Waals surface area contributed by atoms with Gasteiger partial charge in [0.1, 0.15) is 11.5 Å². The summed E-state index contributed by atoms with van der Waals surface area (Å²) in [6, 6.07) is 14.5. The third-order valence-electron chi connectivity index (χ3n) is 3.97. The zero-order valence-corrected chi connectivity index (χ0v) is 13.4. The molecule has 130 valence electrons. The van der Waals surface area contributed by atoms with Gasteiger partial charge in [0.25, 0.3) is 0 Å². The largest absolute Gasteiger partial charge is 0.508 e. The third kappa shape index (κ3) is 3.21. The summed E-state index contributed by atoms with van der Waals surface area (Å²) in [6.45, 7) is 0. The number of carbonyl (C=O) groups is 2. The van der Waals surface area contributed by atoms with E-state index in [1.165, 1.54) is 36.4 Å². The van der Waals surface area contributed by atoms with E-state index in [0.29, 0.717) is 22.3 Å². The normalized spacial score (nSPS) is 10.5. The molecule has 3 aromatic rings. The van der Waals surface area contributed by atoms with Crippen molar-refractivity contribution in [1.82, 2.24) is 0 Å². The molecule has 0 saturated heterocycles. The quantitative estimate of drug-likeness (QED) is 0.568. The summed E-state index contributed by atoms with van der Waals surface area (Å²) in [7, 11) is 0. The van der Waals surface area contributed by atoms with Crippen LogP contribution in [0.4, 0.5) is 0 Å². The molecule has 0 fully saturated rings. The van der Waals surface area contributed by atoms with Crippen LogP contribution in [-0.2, 0) is 0 Å². The van der Waals surface area contributed by atoms with E-state index >= 15 is 0 Å². The van der Waals surface area contributed by atoms with Crippen LogP contribution in [0.15, 0.2) is 60.7 Å². The van der Waals surface area contributed by atoms with Gasteiger partial charge in [-0.15, -0.1) is 0 Å². The van der Waals surface area contributed by atoms with Crippen molar-refractivity contribution < 1.29 is 30.0 Å². The number of aromatic hydroxyl groups is 2. The van der Waals surface area contributed by atoms with E-state index in [9.17, 15) is 30.0 Å². The molecule has 0 spiro atoms. The smallest absolute Gasteiger partial charge is 0.336 e. The Labute approximate surface area is 148 Å². The van der Waals surface area contributed by atoms with Crippen molar-refractivity contribution in [2.45, 2.75) is 0 Å². The zero-order valence-electron chi connectivity index (χ0n) is 13.4. The number of hydrogen-bond acceptors (Lipinski definition) is 4. The molecular weight excluding hydrogens is 336 g/mol. The van der Waals surface area contributed by atoms with Crippen molar-refractivity contribution in [2.75, 3.05) is 0 Å². The van der Waals surface area contributed by atoms with Gasteiger partial charge in [0.15, 0.2) is 0 Å². The topological polar surface area (TPSA) is 115 Å². The van der Waals surface area contributed by atoms with Gasteiger partial charge in [0, 0.05) is 0 Å². The Bertz CT molecular complexity index is 923. The molecule has 26 heavy (non-hydrogen) atoms. The molecule has 3 aromatic carbocycles. The first-order chi connectivity index (χ1) is 12.4. The summed E-state index contributed by atoms with van der Waals surface area (Å²) >= 11 is 0. The molecule has 0 atom stereocenters. The van der Waals surface area contributed by atoms with Crippen LogP contribution >= 0.6 is 0 Å². The average molecular weight is 350 g/mol. The molecule has 0 radical (unpaired) electrons. The summed E-state index contributed by atoms with van der Waals surface area (Å²) < 4.78 is 0. The molecule has 0 bridgehead atoms. The molecule has 0 aliphatic heterocycles. The number of phenolic OH excluding ortho intramolecular Hbond substituents is 2. The second-order valence-corrected chi connectivity index (χ2v) is 5.65. The minimum absolute atomic E-state index is 0.0409. The van der Waals surface area contributed by atoms with Crippen LogP contribution < -0.4 is 0 Å². The highest BCUT2D eigenvalue weighted by atomic mass is 16.4. The highest BCUT2D eigenvalue weighted by Crippen LogP contribution is 2.32. The molecule has 0 aromatic heterocycles. The van der Waals surface area contributed by atoms with Crippen molar-refractivity contribution in [3.8, 4) is 33.8 Å². The number of rotatable bonds is 4. The van der Waals surface area contributed by atoms with Crippen LogP contribution in [0.1, 0.15) is 20.7 Å². The summed E-state index contributed by atoms with van der Waals surface area (Å²) in [6.07, 6.45) is 0. The molecule has 3 rings (SSSR count). The molecule has 6 heteroatoms. The predicted octanol–water partition coefficient (Wildman–Crippen LogP) is 3.83. The molecule has 0 amide bonds. The van der Waals surface area contributed by atoms with E-state index in [-0.39, 0.29) is 22.6 Å². The Hall–Kier alpha value is -3.80. The van der Waals surface area contributed by atoms with Gasteiger partial charge in [-0.3, -0.25) is 0 Å². The molecule has 0 unspecified atom stereocenters. The van der Waals surface area contributed by atoms with Gasteiger partial charge < -0.3 is 20.4 Å². The summed E-state index contributed by atoms with van der Waals surface area (Å²) in [5.74, 6) is -2.36. The lowest BCUT2D eigenvalue weighted by molar-refractivity contribution is 0.0686. The molecule has 0 aliphatic rings. The highest BCUT2D eigenvalue weighted by Gasteiger charge is 2.15. The number of phenols is 2. The Morgan fingerprint density at radius 2 is 0.923 bits per heavy atom. The van der Waals surface area contributed by atoms with Crippen LogP contribution in [0.25, 0.3) is 22.3 Å². The van der Waals surface area contributed by atoms with Crippen LogP contribution in [0.5, 0.6) is 11.5 Å². The maximum atomic E-state index is 11.4. The number of carboxylic acid groups (broad SMARTS) is 2. The van der Waals surface area contributed by atoms with Gasteiger partial charge in [-0.2, -0.15) is 0 Å². The maximum absolute atomic E-state index is 11.4. The Kier molecular flexibility index (Phi) is 4.33. The minimum atomic E-state index is -1.12. The van der Waals surface area contributed by atoms with Gasteiger partial charge in [-0.25, -0.2) is 9.59 Å². The summed E-state index contributed by atoms with van der Waals surface area (Å²) in [5.41, 5.74) is 1.88. The average Bonchev–Trinajstić information content (AvgIpc) is 2.61. The van der Waals surface area contributed by atoms with Crippen molar-refractivity contribution in [1.29, 1.82) is 0 Å². The second-order valence-electron chi connectivity index (χ2n) is 5.65. The fourth-order valence-corrected chi connectivity index (χ4v) is 2.74. The lowest BCUT2D eigenvalue weighted by Gasteiger charge is -2.10. The van der Waals surface area contributed by atoms with Crippen molar-refractivity contribution >= 4 is 11.9 Å². The zero-order chi connectivity index (χ0) is 18.8. The molecule has 0 saturated carbocycles. The predicted molar refractivity (Wildman–Crippen MR) is 94.6 cm³/mol. The van der Waals surface area contributed by atoms with E-state index in [0.717, 1.165) is 0 Å². The first kappa shape index (κ1) is 17.0. The second kappa shape index (κ2) is 6.60. The van der Waals surface area contributed by atoms with Crippen molar-refractivity contribution in [2.24, 2.45) is 0 Å². The first-order valence-corrected chi connectivity index (χ1v) is 7.60. The fourth-order valence-electron chi connectivity index (χ4n) is 2.74. The number of hydrogen-bond donors (Lipinski definition) is 4. The van der Waals surface area contributed by atoms with E-state index in [1.807, 2.05) is 0 Å². The number of carboxylic acids is 2.